The molecule has 5 nitrogen and oxygen atoms in total. The Kier molecular flexibility index (Phi) is 3.28. The lowest BCUT2D eigenvalue weighted by molar-refractivity contribution is -0.388. The monoisotopic (exact) mass is 269 g/mol. The fourth-order valence-corrected chi connectivity index (χ4v) is 1.26. The molecule has 0 amide bonds. The Morgan fingerprint density at radius 2 is 1.94 bits per heavy atom. The van der Waals surface area contributed by atoms with Gasteiger partial charge in [-0.2, -0.15) is 13.2 Å². The minimum atomic E-state index is -5.02. The van der Waals surface area contributed by atoms with Crippen molar-refractivity contribution in [1.82, 2.24) is 0 Å². The number of benzene rings is 1. The fourth-order valence-electron chi connectivity index (χ4n) is 1.11. The van der Waals surface area contributed by atoms with Gasteiger partial charge < -0.3 is 5.11 Å². The van der Waals surface area contributed by atoms with Gasteiger partial charge in [0.1, 0.15) is 11.3 Å². The van der Waals surface area contributed by atoms with Crippen LogP contribution in [0.3, 0.4) is 0 Å². The van der Waals surface area contributed by atoms with Crippen molar-refractivity contribution >= 4 is 22.5 Å². The van der Waals surface area contributed by atoms with Crippen LogP contribution in [0.5, 0.6) is 5.75 Å². The first-order valence-corrected chi connectivity index (χ1v) is 4.31. The predicted octanol–water partition coefficient (Wildman–Crippen LogP) is 2.70. The molecule has 1 rings (SSSR count). The summed E-state index contributed by atoms with van der Waals surface area (Å²) in [5.74, 6) is -1.07. The van der Waals surface area contributed by atoms with Crippen molar-refractivity contribution in [2.24, 2.45) is 0 Å². The van der Waals surface area contributed by atoms with E-state index in [-0.39, 0.29) is 12.1 Å². The van der Waals surface area contributed by atoms with E-state index in [0.29, 0.717) is 0 Å². The zero-order valence-corrected chi connectivity index (χ0v) is 8.54. The summed E-state index contributed by atoms with van der Waals surface area (Å²) < 4.78 is 37.2. The average molecular weight is 270 g/mol. The maximum atomic E-state index is 12.4. The Labute approximate surface area is 96.6 Å². The van der Waals surface area contributed by atoms with Gasteiger partial charge in [0.15, 0.2) is 0 Å². The Morgan fingerprint density at radius 1 is 1.41 bits per heavy atom. The van der Waals surface area contributed by atoms with Gasteiger partial charge in [-0.15, -0.1) is 0 Å². The third-order valence-electron chi connectivity index (χ3n) is 1.83. The number of alkyl halides is 3. The quantitative estimate of drug-likeness (QED) is 0.508. The lowest BCUT2D eigenvalue weighted by Gasteiger charge is -2.09. The molecular formula is C8H3ClF3NO4. The SMILES string of the molecule is O=C(Cl)c1cc([N+](=O)[O-])c(C(F)(F)F)cc1O. The van der Waals surface area contributed by atoms with Crippen LogP contribution in [0.2, 0.25) is 0 Å². The van der Waals surface area contributed by atoms with Crippen LogP contribution >= 0.6 is 11.6 Å². The van der Waals surface area contributed by atoms with Crippen molar-refractivity contribution in [3.8, 4) is 5.75 Å². The molecular weight excluding hydrogens is 267 g/mol. The maximum absolute atomic E-state index is 12.4. The Bertz CT molecular complexity index is 500. The number of hydrogen-bond acceptors (Lipinski definition) is 4. The lowest BCUT2D eigenvalue weighted by atomic mass is 10.1. The predicted molar refractivity (Wildman–Crippen MR) is 49.9 cm³/mol. The zero-order valence-electron chi connectivity index (χ0n) is 7.79. The van der Waals surface area contributed by atoms with Gasteiger partial charge in [0, 0.05) is 6.07 Å². The lowest BCUT2D eigenvalue weighted by Crippen LogP contribution is -2.10. The Morgan fingerprint density at radius 3 is 2.29 bits per heavy atom. The molecule has 0 atom stereocenters. The summed E-state index contributed by atoms with van der Waals surface area (Å²) in [7, 11) is 0. The molecule has 1 aromatic rings. The van der Waals surface area contributed by atoms with Crippen LogP contribution in [-0.2, 0) is 6.18 Å². The number of halogens is 4. The van der Waals surface area contributed by atoms with Gasteiger partial charge in [-0.25, -0.2) is 0 Å². The van der Waals surface area contributed by atoms with Crippen LogP contribution in [0.15, 0.2) is 12.1 Å². The van der Waals surface area contributed by atoms with Crippen LogP contribution in [0.25, 0.3) is 0 Å². The molecule has 0 radical (unpaired) electrons. The molecule has 0 aromatic heterocycles. The minimum Gasteiger partial charge on any atom is -0.507 e. The van der Waals surface area contributed by atoms with E-state index in [1.54, 1.807) is 0 Å². The van der Waals surface area contributed by atoms with Gasteiger partial charge in [-0.05, 0) is 17.7 Å². The van der Waals surface area contributed by atoms with E-state index >= 15 is 0 Å². The van der Waals surface area contributed by atoms with Gasteiger partial charge in [0.05, 0.1) is 10.5 Å². The molecule has 0 bridgehead atoms. The zero-order chi connectivity index (χ0) is 13.4. The number of phenolic OH excluding ortho intramolecular Hbond substituents is 1. The van der Waals surface area contributed by atoms with E-state index < -0.39 is 38.9 Å². The minimum absolute atomic E-state index is 0.0910. The highest BCUT2D eigenvalue weighted by atomic mass is 35.5. The number of nitro groups is 1. The third-order valence-corrected chi connectivity index (χ3v) is 2.03. The summed E-state index contributed by atoms with van der Waals surface area (Å²) in [5.41, 5.74) is -3.76. The van der Waals surface area contributed by atoms with Crippen molar-refractivity contribution in [2.45, 2.75) is 6.18 Å². The molecule has 0 spiro atoms. The Balaban J connectivity index is 3.58. The second-order valence-corrected chi connectivity index (χ2v) is 3.26. The van der Waals surface area contributed by atoms with Crippen molar-refractivity contribution in [2.75, 3.05) is 0 Å². The third kappa shape index (κ3) is 2.64. The largest absolute Gasteiger partial charge is 0.507 e. The van der Waals surface area contributed by atoms with Gasteiger partial charge in [-0.3, -0.25) is 14.9 Å². The normalized spacial score (nSPS) is 11.3. The molecule has 0 heterocycles. The van der Waals surface area contributed by atoms with E-state index in [1.165, 1.54) is 0 Å². The summed E-state index contributed by atoms with van der Waals surface area (Å²) >= 11 is 4.95. The van der Waals surface area contributed by atoms with Gasteiger partial charge in [0.2, 0.25) is 0 Å². The summed E-state index contributed by atoms with van der Waals surface area (Å²) in [4.78, 5) is 19.8. The van der Waals surface area contributed by atoms with Gasteiger partial charge in [0.25, 0.3) is 10.9 Å². The van der Waals surface area contributed by atoms with Crippen LogP contribution in [0, 0.1) is 10.1 Å². The number of aromatic hydroxyl groups is 1. The first kappa shape index (κ1) is 13.2. The standard InChI is InChI=1S/C8H3ClF3NO4/c9-7(15)3-1-5(13(16)17)4(2-6(3)14)8(10,11)12/h1-2,14H. The topological polar surface area (TPSA) is 80.4 Å². The summed E-state index contributed by atoms with van der Waals surface area (Å²) in [6.45, 7) is 0. The molecule has 1 aromatic carbocycles. The summed E-state index contributed by atoms with van der Waals surface area (Å²) in [6, 6.07) is 0.376. The molecule has 9 heteroatoms. The number of carbonyl (C=O) groups excluding carboxylic acids is 1. The molecule has 0 unspecified atom stereocenters. The first-order chi connectivity index (χ1) is 7.64. The van der Waals surface area contributed by atoms with Gasteiger partial charge in [-0.1, -0.05) is 0 Å². The van der Waals surface area contributed by atoms with Gasteiger partial charge >= 0.3 is 6.18 Å². The van der Waals surface area contributed by atoms with Crippen LogP contribution in [-0.4, -0.2) is 15.3 Å². The van der Waals surface area contributed by atoms with Crippen LogP contribution in [0.1, 0.15) is 15.9 Å². The van der Waals surface area contributed by atoms with E-state index in [0.717, 1.165) is 0 Å². The summed E-state index contributed by atoms with van der Waals surface area (Å²) in [5, 5.41) is 18.2. The van der Waals surface area contributed by atoms with Crippen molar-refractivity contribution in [3.63, 3.8) is 0 Å². The Hall–Kier alpha value is -1.83. The summed E-state index contributed by atoms with van der Waals surface area (Å²) in [6.07, 6.45) is -5.02. The van der Waals surface area contributed by atoms with E-state index in [1.807, 2.05) is 0 Å². The van der Waals surface area contributed by atoms with Crippen molar-refractivity contribution in [3.05, 3.63) is 33.4 Å². The fraction of sp³-hybridized carbons (Fsp3) is 0.125. The highest BCUT2D eigenvalue weighted by Gasteiger charge is 2.39. The van der Waals surface area contributed by atoms with Crippen LogP contribution < -0.4 is 0 Å². The highest BCUT2D eigenvalue weighted by molar-refractivity contribution is 6.68. The average Bonchev–Trinajstić information content (AvgIpc) is 2.14. The highest BCUT2D eigenvalue weighted by Crippen LogP contribution is 2.39. The van der Waals surface area contributed by atoms with E-state index in [9.17, 15) is 28.1 Å². The van der Waals surface area contributed by atoms with E-state index in [2.05, 4.69) is 0 Å². The first-order valence-electron chi connectivity index (χ1n) is 3.93. The second-order valence-electron chi connectivity index (χ2n) is 2.92. The maximum Gasteiger partial charge on any atom is 0.423 e. The second kappa shape index (κ2) is 4.21. The molecule has 92 valence electrons. The number of rotatable bonds is 2. The molecule has 0 saturated heterocycles. The molecule has 1 N–H and O–H groups in total. The number of nitrogens with zero attached hydrogens (tertiary/aromatic N) is 1. The molecule has 0 saturated carbocycles. The number of hydrogen-bond donors (Lipinski definition) is 1. The molecule has 0 fully saturated rings. The van der Waals surface area contributed by atoms with Crippen molar-refractivity contribution in [1.29, 1.82) is 0 Å². The van der Waals surface area contributed by atoms with Crippen molar-refractivity contribution < 1.29 is 28.0 Å². The molecule has 0 aliphatic carbocycles. The smallest absolute Gasteiger partial charge is 0.423 e. The van der Waals surface area contributed by atoms with Crippen LogP contribution in [0.4, 0.5) is 18.9 Å². The number of carbonyl (C=O) groups is 1. The number of phenols is 1. The van der Waals surface area contributed by atoms with E-state index in [4.69, 9.17) is 16.7 Å². The molecule has 17 heavy (non-hydrogen) atoms. The number of nitro benzene ring substituents is 1. The molecule has 0 aliphatic rings. The molecule has 0 aliphatic heterocycles.